The van der Waals surface area contributed by atoms with Gasteiger partial charge in [0.05, 0.1) is 0 Å². The summed E-state index contributed by atoms with van der Waals surface area (Å²) < 4.78 is 4.68. The minimum absolute atomic E-state index is 0.0596. The molecule has 10 heavy (non-hydrogen) atoms. The third-order valence-electron chi connectivity index (χ3n) is 1.45. The standard InChI is InChI=1S/C7H15NO2/c1-4-6(2)7(9)8-5-10-3/h6H,4-5H2,1-3H3,(H,8,9). The van der Waals surface area contributed by atoms with E-state index < -0.39 is 0 Å². The Bertz CT molecular complexity index is 104. The lowest BCUT2D eigenvalue weighted by atomic mass is 10.1. The molecular weight excluding hydrogens is 130 g/mol. The van der Waals surface area contributed by atoms with Crippen LogP contribution in [-0.2, 0) is 9.53 Å². The van der Waals surface area contributed by atoms with Crippen LogP contribution < -0.4 is 5.32 Å². The Morgan fingerprint density at radius 2 is 2.30 bits per heavy atom. The van der Waals surface area contributed by atoms with Crippen LogP contribution in [0.1, 0.15) is 20.3 Å². The molecule has 3 nitrogen and oxygen atoms in total. The van der Waals surface area contributed by atoms with Gasteiger partial charge in [-0.15, -0.1) is 0 Å². The van der Waals surface area contributed by atoms with E-state index in [-0.39, 0.29) is 11.8 Å². The number of rotatable bonds is 4. The fourth-order valence-corrected chi connectivity index (χ4v) is 0.503. The lowest BCUT2D eigenvalue weighted by molar-refractivity contribution is -0.126. The van der Waals surface area contributed by atoms with Gasteiger partial charge >= 0.3 is 0 Å². The van der Waals surface area contributed by atoms with Crippen molar-refractivity contribution in [3.05, 3.63) is 0 Å². The quantitative estimate of drug-likeness (QED) is 0.593. The van der Waals surface area contributed by atoms with Crippen LogP contribution in [0.5, 0.6) is 0 Å². The maximum Gasteiger partial charge on any atom is 0.224 e. The summed E-state index contributed by atoms with van der Waals surface area (Å²) in [5.41, 5.74) is 0. The molecule has 0 fully saturated rings. The number of carbonyl (C=O) groups is 1. The van der Waals surface area contributed by atoms with Crippen molar-refractivity contribution in [2.75, 3.05) is 13.8 Å². The van der Waals surface area contributed by atoms with E-state index in [4.69, 9.17) is 0 Å². The van der Waals surface area contributed by atoms with Gasteiger partial charge < -0.3 is 10.1 Å². The van der Waals surface area contributed by atoms with Gasteiger partial charge in [0.15, 0.2) is 0 Å². The average Bonchev–Trinajstić information content (AvgIpc) is 1.98. The molecule has 1 N–H and O–H groups in total. The first-order chi connectivity index (χ1) is 4.72. The first kappa shape index (κ1) is 9.43. The van der Waals surface area contributed by atoms with Crippen molar-refractivity contribution in [2.45, 2.75) is 20.3 Å². The molecule has 0 aromatic rings. The van der Waals surface area contributed by atoms with Crippen molar-refractivity contribution < 1.29 is 9.53 Å². The van der Waals surface area contributed by atoms with E-state index >= 15 is 0 Å². The monoisotopic (exact) mass is 145 g/mol. The number of nitrogens with one attached hydrogen (secondary N) is 1. The summed E-state index contributed by atoms with van der Waals surface area (Å²) in [5.74, 6) is 0.152. The second-order valence-electron chi connectivity index (χ2n) is 2.28. The van der Waals surface area contributed by atoms with Crippen molar-refractivity contribution in [2.24, 2.45) is 5.92 Å². The first-order valence-corrected chi connectivity index (χ1v) is 3.49. The fraction of sp³-hybridized carbons (Fsp3) is 0.857. The number of amides is 1. The van der Waals surface area contributed by atoms with Crippen molar-refractivity contribution in [3.63, 3.8) is 0 Å². The Morgan fingerprint density at radius 1 is 1.70 bits per heavy atom. The Hall–Kier alpha value is -0.570. The van der Waals surface area contributed by atoms with E-state index in [1.165, 1.54) is 0 Å². The molecule has 1 amide bonds. The summed E-state index contributed by atoms with van der Waals surface area (Å²) in [5, 5.41) is 2.62. The van der Waals surface area contributed by atoms with E-state index in [9.17, 15) is 4.79 Å². The van der Waals surface area contributed by atoms with Crippen molar-refractivity contribution in [1.29, 1.82) is 0 Å². The second kappa shape index (κ2) is 5.23. The summed E-state index contributed by atoms with van der Waals surface area (Å²) in [6.07, 6.45) is 0.871. The second-order valence-corrected chi connectivity index (χ2v) is 2.28. The Morgan fingerprint density at radius 3 is 2.70 bits per heavy atom. The first-order valence-electron chi connectivity index (χ1n) is 3.49. The maximum atomic E-state index is 10.9. The molecule has 0 heterocycles. The third kappa shape index (κ3) is 3.45. The Balaban J connectivity index is 3.42. The molecule has 1 atom stereocenters. The summed E-state index contributed by atoms with van der Waals surface area (Å²) in [6, 6.07) is 0. The molecule has 0 aliphatic heterocycles. The maximum absolute atomic E-state index is 10.9. The highest BCUT2D eigenvalue weighted by atomic mass is 16.5. The SMILES string of the molecule is CCC(C)C(=O)NCOC. The molecule has 0 saturated heterocycles. The number of methoxy groups -OCH3 is 1. The van der Waals surface area contributed by atoms with Gasteiger partial charge in [-0.1, -0.05) is 13.8 Å². The van der Waals surface area contributed by atoms with Gasteiger partial charge in [-0.2, -0.15) is 0 Å². The smallest absolute Gasteiger partial charge is 0.224 e. The molecule has 0 radical (unpaired) electrons. The highest BCUT2D eigenvalue weighted by molar-refractivity contribution is 5.77. The van der Waals surface area contributed by atoms with E-state index in [0.29, 0.717) is 6.73 Å². The van der Waals surface area contributed by atoms with Crippen LogP contribution in [0.4, 0.5) is 0 Å². The van der Waals surface area contributed by atoms with Gasteiger partial charge in [0, 0.05) is 13.0 Å². The van der Waals surface area contributed by atoms with Crippen LogP contribution in [0.2, 0.25) is 0 Å². The zero-order valence-corrected chi connectivity index (χ0v) is 6.81. The van der Waals surface area contributed by atoms with E-state index in [1.807, 2.05) is 13.8 Å². The molecule has 0 aromatic carbocycles. The molecular formula is C7H15NO2. The van der Waals surface area contributed by atoms with Crippen LogP contribution >= 0.6 is 0 Å². The molecule has 0 rings (SSSR count). The van der Waals surface area contributed by atoms with Gasteiger partial charge in [-0.05, 0) is 6.42 Å². The molecule has 0 spiro atoms. The van der Waals surface area contributed by atoms with Gasteiger partial charge in [0.25, 0.3) is 0 Å². The normalized spacial score (nSPS) is 12.7. The largest absolute Gasteiger partial charge is 0.364 e. The Labute approximate surface area is 61.8 Å². The number of hydrogen-bond donors (Lipinski definition) is 1. The number of carbonyl (C=O) groups excluding carboxylic acids is 1. The third-order valence-corrected chi connectivity index (χ3v) is 1.45. The summed E-state index contributed by atoms with van der Waals surface area (Å²) in [4.78, 5) is 10.9. The van der Waals surface area contributed by atoms with Gasteiger partial charge in [0.1, 0.15) is 6.73 Å². The predicted octanol–water partition coefficient (Wildman–Crippen LogP) is 0.753. The minimum Gasteiger partial charge on any atom is -0.364 e. The zero-order chi connectivity index (χ0) is 7.98. The summed E-state index contributed by atoms with van der Waals surface area (Å²) >= 11 is 0. The molecule has 0 aromatic heterocycles. The van der Waals surface area contributed by atoms with Crippen LogP contribution in [0, 0.1) is 5.92 Å². The lowest BCUT2D eigenvalue weighted by Gasteiger charge is -2.07. The minimum atomic E-state index is 0.0596. The zero-order valence-electron chi connectivity index (χ0n) is 6.81. The van der Waals surface area contributed by atoms with Crippen LogP contribution in [0.25, 0.3) is 0 Å². The Kier molecular flexibility index (Phi) is 4.94. The number of ether oxygens (including phenoxy) is 1. The molecule has 3 heteroatoms. The lowest BCUT2D eigenvalue weighted by Crippen LogP contribution is -2.30. The summed E-state index contributed by atoms with van der Waals surface area (Å²) in [7, 11) is 1.55. The van der Waals surface area contributed by atoms with E-state index in [2.05, 4.69) is 10.1 Å². The molecule has 0 aliphatic rings. The highest BCUT2D eigenvalue weighted by Crippen LogP contribution is 1.98. The van der Waals surface area contributed by atoms with Crippen molar-refractivity contribution >= 4 is 5.91 Å². The average molecular weight is 145 g/mol. The van der Waals surface area contributed by atoms with Crippen LogP contribution in [0.15, 0.2) is 0 Å². The molecule has 0 bridgehead atoms. The van der Waals surface area contributed by atoms with Crippen molar-refractivity contribution in [1.82, 2.24) is 5.32 Å². The van der Waals surface area contributed by atoms with E-state index in [0.717, 1.165) is 6.42 Å². The molecule has 1 unspecified atom stereocenters. The molecule has 0 saturated carbocycles. The fourth-order valence-electron chi connectivity index (χ4n) is 0.503. The molecule has 0 aliphatic carbocycles. The summed E-state index contributed by atoms with van der Waals surface area (Å²) in [6.45, 7) is 4.19. The predicted molar refractivity (Wildman–Crippen MR) is 39.5 cm³/mol. The van der Waals surface area contributed by atoms with E-state index in [1.54, 1.807) is 7.11 Å². The highest BCUT2D eigenvalue weighted by Gasteiger charge is 2.07. The number of hydrogen-bond acceptors (Lipinski definition) is 2. The van der Waals surface area contributed by atoms with Crippen LogP contribution in [0.3, 0.4) is 0 Å². The van der Waals surface area contributed by atoms with Gasteiger partial charge in [-0.3, -0.25) is 4.79 Å². The topological polar surface area (TPSA) is 38.3 Å². The van der Waals surface area contributed by atoms with Gasteiger partial charge in [0.2, 0.25) is 5.91 Å². The molecule has 60 valence electrons. The van der Waals surface area contributed by atoms with Gasteiger partial charge in [-0.25, -0.2) is 0 Å². The van der Waals surface area contributed by atoms with Crippen LogP contribution in [-0.4, -0.2) is 19.7 Å². The van der Waals surface area contributed by atoms with Crippen molar-refractivity contribution in [3.8, 4) is 0 Å².